The van der Waals surface area contributed by atoms with E-state index in [9.17, 15) is 0 Å². The van der Waals surface area contributed by atoms with Gasteiger partial charge >= 0.3 is 0 Å². The Morgan fingerprint density at radius 3 is 2.50 bits per heavy atom. The predicted octanol–water partition coefficient (Wildman–Crippen LogP) is 2.47. The highest BCUT2D eigenvalue weighted by Crippen LogP contribution is 2.27. The van der Waals surface area contributed by atoms with Crippen LogP contribution in [0.25, 0.3) is 0 Å². The predicted molar refractivity (Wildman–Crippen MR) is 56.1 cm³/mol. The van der Waals surface area contributed by atoms with E-state index in [1.54, 1.807) is 11.7 Å². The molecule has 0 spiro atoms. The summed E-state index contributed by atoms with van der Waals surface area (Å²) in [6.45, 7) is 5.71. The fourth-order valence-electron chi connectivity index (χ4n) is 1.36. The highest BCUT2D eigenvalue weighted by atomic mass is 35.5. The Labute approximate surface area is 89.3 Å². The second-order valence-corrected chi connectivity index (χ2v) is 4.51. The average molecular weight is 212 g/mol. The topological polar surface area (TPSA) is 41.6 Å². The van der Waals surface area contributed by atoms with Gasteiger partial charge < -0.3 is 0 Å². The van der Waals surface area contributed by atoms with Crippen LogP contribution < -0.4 is 0 Å². The van der Waals surface area contributed by atoms with Crippen molar-refractivity contribution in [2.24, 2.45) is 12.5 Å². The van der Waals surface area contributed by atoms with Gasteiger partial charge in [-0.05, 0) is 27.2 Å². The first kappa shape index (κ1) is 11.1. The first-order valence-electron chi connectivity index (χ1n) is 4.46. The Morgan fingerprint density at radius 2 is 2.14 bits per heavy atom. The number of nitriles is 1. The van der Waals surface area contributed by atoms with Crippen LogP contribution in [0.2, 0.25) is 5.15 Å². The Balaban J connectivity index is 3.04. The van der Waals surface area contributed by atoms with Crippen LogP contribution in [-0.2, 0) is 13.5 Å². The molecule has 0 unspecified atom stereocenters. The molecule has 0 bridgehead atoms. The van der Waals surface area contributed by atoms with Gasteiger partial charge in [-0.1, -0.05) is 11.6 Å². The average Bonchev–Trinajstić information content (AvgIpc) is 2.32. The second-order valence-electron chi connectivity index (χ2n) is 4.15. The van der Waals surface area contributed by atoms with Crippen molar-refractivity contribution in [1.29, 1.82) is 5.26 Å². The summed E-state index contributed by atoms with van der Waals surface area (Å²) in [4.78, 5) is 0. The van der Waals surface area contributed by atoms with Crippen LogP contribution in [0.15, 0.2) is 0 Å². The summed E-state index contributed by atoms with van der Waals surface area (Å²) in [6.07, 6.45) is 0.641. The quantitative estimate of drug-likeness (QED) is 0.754. The SMILES string of the molecule is Cc1nn(C)c(Cl)c1CC(C)(C)C#N. The molecule has 0 N–H and O–H groups in total. The van der Waals surface area contributed by atoms with Crippen LogP contribution in [0.5, 0.6) is 0 Å². The molecule has 3 nitrogen and oxygen atoms in total. The van der Waals surface area contributed by atoms with Crippen molar-refractivity contribution >= 4 is 11.6 Å². The number of aromatic nitrogens is 2. The number of nitrogens with zero attached hydrogens (tertiary/aromatic N) is 3. The molecule has 0 atom stereocenters. The van der Waals surface area contributed by atoms with Crippen LogP contribution >= 0.6 is 11.6 Å². The van der Waals surface area contributed by atoms with E-state index in [0.717, 1.165) is 11.3 Å². The lowest BCUT2D eigenvalue weighted by molar-refractivity contribution is 0.492. The highest BCUT2D eigenvalue weighted by molar-refractivity contribution is 6.30. The Kier molecular flexibility index (Phi) is 2.86. The van der Waals surface area contributed by atoms with Gasteiger partial charge in [0, 0.05) is 12.6 Å². The van der Waals surface area contributed by atoms with Crippen LogP contribution in [-0.4, -0.2) is 9.78 Å². The second kappa shape index (κ2) is 3.62. The van der Waals surface area contributed by atoms with Gasteiger partial charge in [0.25, 0.3) is 0 Å². The van der Waals surface area contributed by atoms with Gasteiger partial charge in [0.1, 0.15) is 5.15 Å². The van der Waals surface area contributed by atoms with Gasteiger partial charge in [-0.15, -0.1) is 0 Å². The zero-order chi connectivity index (χ0) is 10.9. The minimum Gasteiger partial charge on any atom is -0.257 e. The van der Waals surface area contributed by atoms with E-state index in [-0.39, 0.29) is 0 Å². The van der Waals surface area contributed by atoms with Crippen molar-refractivity contribution < 1.29 is 0 Å². The molecule has 76 valence electrons. The summed E-state index contributed by atoms with van der Waals surface area (Å²) in [7, 11) is 1.80. The smallest absolute Gasteiger partial charge is 0.130 e. The lowest BCUT2D eigenvalue weighted by Gasteiger charge is -2.14. The summed E-state index contributed by atoms with van der Waals surface area (Å²) in [6, 6.07) is 2.26. The molecule has 0 radical (unpaired) electrons. The van der Waals surface area contributed by atoms with E-state index in [1.165, 1.54) is 0 Å². The van der Waals surface area contributed by atoms with E-state index in [2.05, 4.69) is 11.2 Å². The third-order valence-electron chi connectivity index (χ3n) is 2.19. The van der Waals surface area contributed by atoms with Crippen molar-refractivity contribution in [3.63, 3.8) is 0 Å². The summed E-state index contributed by atoms with van der Waals surface area (Å²) < 4.78 is 1.64. The largest absolute Gasteiger partial charge is 0.257 e. The van der Waals surface area contributed by atoms with Crippen molar-refractivity contribution in [3.05, 3.63) is 16.4 Å². The van der Waals surface area contributed by atoms with Crippen LogP contribution in [0.4, 0.5) is 0 Å². The molecule has 0 aromatic carbocycles. The third-order valence-corrected chi connectivity index (χ3v) is 2.66. The van der Waals surface area contributed by atoms with Crippen LogP contribution in [0.3, 0.4) is 0 Å². The van der Waals surface area contributed by atoms with E-state index in [4.69, 9.17) is 16.9 Å². The number of rotatable bonds is 2. The fraction of sp³-hybridized carbons (Fsp3) is 0.600. The summed E-state index contributed by atoms with van der Waals surface area (Å²) in [5, 5.41) is 13.8. The number of hydrogen-bond donors (Lipinski definition) is 0. The Bertz CT molecular complexity index is 385. The number of aryl methyl sites for hydroxylation is 2. The zero-order valence-electron chi connectivity index (χ0n) is 8.93. The number of halogens is 1. The minimum absolute atomic E-state index is 0.391. The van der Waals surface area contributed by atoms with Gasteiger partial charge in [0.05, 0.1) is 17.2 Å². The highest BCUT2D eigenvalue weighted by Gasteiger charge is 2.22. The molecule has 4 heteroatoms. The molecule has 0 aliphatic carbocycles. The maximum absolute atomic E-state index is 8.92. The molecule has 0 saturated heterocycles. The summed E-state index contributed by atoms with van der Waals surface area (Å²) >= 11 is 6.07. The Hall–Kier alpha value is -1.01. The maximum Gasteiger partial charge on any atom is 0.130 e. The zero-order valence-corrected chi connectivity index (χ0v) is 9.68. The molecule has 0 aliphatic rings. The molecule has 1 aromatic rings. The molecule has 0 fully saturated rings. The lowest BCUT2D eigenvalue weighted by atomic mass is 9.88. The molecule has 0 amide bonds. The standard InChI is InChI=1S/C10H14ClN3/c1-7-8(5-10(2,3)6-12)9(11)14(4)13-7/h5H2,1-4H3. The third kappa shape index (κ3) is 2.08. The first-order chi connectivity index (χ1) is 6.37. The molecule has 1 heterocycles. The fourth-order valence-corrected chi connectivity index (χ4v) is 1.60. The van der Waals surface area contributed by atoms with Crippen molar-refractivity contribution in [2.75, 3.05) is 0 Å². The van der Waals surface area contributed by atoms with Crippen LogP contribution in [0, 0.1) is 23.7 Å². The first-order valence-corrected chi connectivity index (χ1v) is 4.84. The van der Waals surface area contributed by atoms with E-state index in [0.29, 0.717) is 11.6 Å². The van der Waals surface area contributed by atoms with Gasteiger partial charge in [0.2, 0.25) is 0 Å². The van der Waals surface area contributed by atoms with E-state index in [1.807, 2.05) is 20.8 Å². The van der Waals surface area contributed by atoms with Crippen molar-refractivity contribution in [3.8, 4) is 6.07 Å². The van der Waals surface area contributed by atoms with Gasteiger partial charge in [-0.25, -0.2) is 0 Å². The number of hydrogen-bond acceptors (Lipinski definition) is 2. The normalized spacial score (nSPS) is 11.4. The maximum atomic E-state index is 8.92. The molecule has 0 saturated carbocycles. The lowest BCUT2D eigenvalue weighted by Crippen LogP contribution is -2.12. The van der Waals surface area contributed by atoms with Gasteiger partial charge in [0.15, 0.2) is 0 Å². The molecule has 1 rings (SSSR count). The monoisotopic (exact) mass is 211 g/mol. The molecule has 14 heavy (non-hydrogen) atoms. The summed E-state index contributed by atoms with van der Waals surface area (Å²) in [5.41, 5.74) is 1.48. The van der Waals surface area contributed by atoms with Crippen molar-refractivity contribution in [1.82, 2.24) is 9.78 Å². The van der Waals surface area contributed by atoms with E-state index >= 15 is 0 Å². The van der Waals surface area contributed by atoms with Crippen molar-refractivity contribution in [2.45, 2.75) is 27.2 Å². The van der Waals surface area contributed by atoms with E-state index < -0.39 is 5.41 Å². The molecular formula is C10H14ClN3. The molecule has 0 aliphatic heterocycles. The molecule has 1 aromatic heterocycles. The Morgan fingerprint density at radius 1 is 1.57 bits per heavy atom. The summed E-state index contributed by atoms with van der Waals surface area (Å²) in [5.74, 6) is 0. The van der Waals surface area contributed by atoms with Gasteiger partial charge in [-0.2, -0.15) is 10.4 Å². The van der Waals surface area contributed by atoms with Crippen LogP contribution in [0.1, 0.15) is 25.1 Å². The molecular weight excluding hydrogens is 198 g/mol. The van der Waals surface area contributed by atoms with Gasteiger partial charge in [-0.3, -0.25) is 4.68 Å². The minimum atomic E-state index is -0.391.